The minimum atomic E-state index is -0.0178. The van der Waals surface area contributed by atoms with Gasteiger partial charge in [-0.3, -0.25) is 0 Å². The summed E-state index contributed by atoms with van der Waals surface area (Å²) in [5.74, 6) is 1.26. The molecule has 4 heteroatoms. The van der Waals surface area contributed by atoms with Gasteiger partial charge in [-0.15, -0.1) is 0 Å². The second-order valence-electron chi connectivity index (χ2n) is 5.61. The Morgan fingerprint density at radius 1 is 1.35 bits per heavy atom. The number of nitrogens with zero attached hydrogens (tertiary/aromatic N) is 2. The van der Waals surface area contributed by atoms with Crippen LogP contribution in [0.15, 0.2) is 6.20 Å². The second-order valence-corrected chi connectivity index (χ2v) is 5.61. The molecule has 0 aliphatic carbocycles. The fraction of sp³-hybridized carbons (Fsp3) is 0.692. The molecule has 1 rings (SSSR count). The molecule has 0 fully saturated rings. The van der Waals surface area contributed by atoms with Crippen molar-refractivity contribution in [3.63, 3.8) is 0 Å². The Balaban J connectivity index is 3.08. The molecule has 1 aromatic rings. The Hall–Kier alpha value is -1.16. The Morgan fingerprint density at radius 2 is 2.00 bits per heavy atom. The molecule has 1 aromatic heterocycles. The zero-order chi connectivity index (χ0) is 13.1. The molecule has 96 valence electrons. The van der Waals surface area contributed by atoms with Crippen LogP contribution in [0, 0.1) is 0 Å². The van der Waals surface area contributed by atoms with Crippen LogP contribution in [0.1, 0.15) is 52.1 Å². The number of nitrogens with one attached hydrogen (secondary N) is 1. The first-order chi connectivity index (χ1) is 7.86. The van der Waals surface area contributed by atoms with Crippen LogP contribution in [0.5, 0.6) is 0 Å². The van der Waals surface area contributed by atoms with Gasteiger partial charge >= 0.3 is 0 Å². The lowest BCUT2D eigenvalue weighted by Crippen LogP contribution is -2.20. The largest absolute Gasteiger partial charge is 0.381 e. The molecule has 0 amide bonds. The normalized spacial score (nSPS) is 11.9. The maximum Gasteiger partial charge on any atom is 0.134 e. The second kappa shape index (κ2) is 5.45. The molecule has 17 heavy (non-hydrogen) atoms. The highest BCUT2D eigenvalue weighted by molar-refractivity contribution is 5.47. The smallest absolute Gasteiger partial charge is 0.134 e. The Bertz CT molecular complexity index is 366. The van der Waals surface area contributed by atoms with Crippen molar-refractivity contribution in [1.82, 2.24) is 9.97 Å². The molecule has 0 radical (unpaired) electrons. The van der Waals surface area contributed by atoms with E-state index in [4.69, 9.17) is 5.73 Å². The molecule has 0 atom stereocenters. The standard InChI is InChI=1S/C13H24N4/c1-9(2)11-10(15-7-6-14)8-16-12(17-11)13(3,4)5/h8-9,15H,6-7,14H2,1-5H3. The third kappa shape index (κ3) is 3.66. The Kier molecular flexibility index (Phi) is 4.46. The summed E-state index contributed by atoms with van der Waals surface area (Å²) in [6.45, 7) is 12.0. The summed E-state index contributed by atoms with van der Waals surface area (Å²) in [5, 5.41) is 3.27. The van der Waals surface area contributed by atoms with Crippen LogP contribution < -0.4 is 11.1 Å². The first-order valence-corrected chi connectivity index (χ1v) is 6.17. The summed E-state index contributed by atoms with van der Waals surface area (Å²) in [7, 11) is 0. The quantitative estimate of drug-likeness (QED) is 0.841. The Labute approximate surface area is 104 Å². The van der Waals surface area contributed by atoms with Gasteiger partial charge in [0, 0.05) is 18.5 Å². The third-order valence-electron chi connectivity index (χ3n) is 2.50. The number of rotatable bonds is 4. The molecular formula is C13H24N4. The van der Waals surface area contributed by atoms with Gasteiger partial charge in [-0.2, -0.15) is 0 Å². The molecule has 0 aromatic carbocycles. The van der Waals surface area contributed by atoms with Crippen molar-refractivity contribution in [2.75, 3.05) is 18.4 Å². The summed E-state index contributed by atoms with van der Waals surface area (Å²) < 4.78 is 0. The minimum absolute atomic E-state index is 0.0178. The highest BCUT2D eigenvalue weighted by Gasteiger charge is 2.20. The average Bonchev–Trinajstić information content (AvgIpc) is 2.24. The van der Waals surface area contributed by atoms with Crippen LogP contribution in [0.2, 0.25) is 0 Å². The van der Waals surface area contributed by atoms with E-state index in [1.807, 2.05) is 6.20 Å². The van der Waals surface area contributed by atoms with Gasteiger partial charge in [0.25, 0.3) is 0 Å². The van der Waals surface area contributed by atoms with Gasteiger partial charge in [0.1, 0.15) is 5.82 Å². The van der Waals surface area contributed by atoms with E-state index in [1.165, 1.54) is 0 Å². The first-order valence-electron chi connectivity index (χ1n) is 6.17. The summed E-state index contributed by atoms with van der Waals surface area (Å²) in [4.78, 5) is 9.11. The molecule has 0 aliphatic heterocycles. The van der Waals surface area contributed by atoms with Crippen molar-refractivity contribution < 1.29 is 0 Å². The van der Waals surface area contributed by atoms with Gasteiger partial charge in [0.05, 0.1) is 17.6 Å². The number of nitrogens with two attached hydrogens (primary N) is 1. The predicted molar refractivity (Wildman–Crippen MR) is 72.4 cm³/mol. The number of hydrogen-bond acceptors (Lipinski definition) is 4. The van der Waals surface area contributed by atoms with Crippen molar-refractivity contribution >= 4 is 5.69 Å². The van der Waals surface area contributed by atoms with Gasteiger partial charge in [0.2, 0.25) is 0 Å². The summed E-state index contributed by atoms with van der Waals surface area (Å²) >= 11 is 0. The number of aromatic nitrogens is 2. The highest BCUT2D eigenvalue weighted by atomic mass is 15.0. The molecule has 0 aliphatic rings. The molecule has 0 saturated heterocycles. The van der Waals surface area contributed by atoms with Crippen molar-refractivity contribution in [1.29, 1.82) is 0 Å². The van der Waals surface area contributed by atoms with E-state index in [-0.39, 0.29) is 5.41 Å². The molecule has 4 nitrogen and oxygen atoms in total. The Morgan fingerprint density at radius 3 is 2.47 bits per heavy atom. The lowest BCUT2D eigenvalue weighted by atomic mass is 9.95. The molecule has 0 saturated carbocycles. The van der Waals surface area contributed by atoms with Gasteiger partial charge in [-0.05, 0) is 5.92 Å². The zero-order valence-corrected chi connectivity index (χ0v) is 11.5. The number of hydrogen-bond donors (Lipinski definition) is 2. The van der Waals surface area contributed by atoms with Crippen molar-refractivity contribution in [3.8, 4) is 0 Å². The van der Waals surface area contributed by atoms with Crippen LogP contribution in [0.25, 0.3) is 0 Å². The fourth-order valence-electron chi connectivity index (χ4n) is 1.54. The van der Waals surface area contributed by atoms with E-state index in [0.717, 1.165) is 23.8 Å². The van der Waals surface area contributed by atoms with Gasteiger partial charge in [-0.25, -0.2) is 9.97 Å². The van der Waals surface area contributed by atoms with Crippen LogP contribution in [0.3, 0.4) is 0 Å². The SMILES string of the molecule is CC(C)c1nc(C(C)(C)C)ncc1NCCN. The van der Waals surface area contributed by atoms with Crippen molar-refractivity contribution in [2.24, 2.45) is 5.73 Å². The van der Waals surface area contributed by atoms with Crippen molar-refractivity contribution in [2.45, 2.75) is 46.0 Å². The monoisotopic (exact) mass is 236 g/mol. The molecule has 1 heterocycles. The average molecular weight is 236 g/mol. The number of anilines is 1. The summed E-state index contributed by atoms with van der Waals surface area (Å²) in [6.07, 6.45) is 1.87. The maximum absolute atomic E-state index is 5.50. The minimum Gasteiger partial charge on any atom is -0.381 e. The van der Waals surface area contributed by atoms with Crippen molar-refractivity contribution in [3.05, 3.63) is 17.7 Å². The third-order valence-corrected chi connectivity index (χ3v) is 2.50. The molecule has 0 bridgehead atoms. The lowest BCUT2D eigenvalue weighted by Gasteiger charge is -2.20. The van der Waals surface area contributed by atoms with Crippen LogP contribution in [0.4, 0.5) is 5.69 Å². The van der Waals surface area contributed by atoms with E-state index >= 15 is 0 Å². The molecular weight excluding hydrogens is 212 g/mol. The van der Waals surface area contributed by atoms with Crippen LogP contribution in [-0.2, 0) is 5.41 Å². The van der Waals surface area contributed by atoms with E-state index in [1.54, 1.807) is 0 Å². The molecule has 0 spiro atoms. The summed E-state index contributed by atoms with van der Waals surface area (Å²) in [5.41, 5.74) is 7.55. The van der Waals surface area contributed by atoms with Gasteiger partial charge < -0.3 is 11.1 Å². The van der Waals surface area contributed by atoms with E-state index < -0.39 is 0 Å². The first kappa shape index (κ1) is 13.9. The fourth-order valence-corrected chi connectivity index (χ4v) is 1.54. The molecule has 0 unspecified atom stereocenters. The zero-order valence-electron chi connectivity index (χ0n) is 11.5. The van der Waals surface area contributed by atoms with Crippen LogP contribution in [-0.4, -0.2) is 23.1 Å². The van der Waals surface area contributed by atoms with E-state index in [2.05, 4.69) is 49.9 Å². The predicted octanol–water partition coefficient (Wildman–Crippen LogP) is 2.27. The lowest BCUT2D eigenvalue weighted by molar-refractivity contribution is 0.539. The van der Waals surface area contributed by atoms with Gasteiger partial charge in [0.15, 0.2) is 0 Å². The van der Waals surface area contributed by atoms with Crippen LogP contribution >= 0.6 is 0 Å². The van der Waals surface area contributed by atoms with Gasteiger partial charge in [-0.1, -0.05) is 34.6 Å². The maximum atomic E-state index is 5.50. The highest BCUT2D eigenvalue weighted by Crippen LogP contribution is 2.25. The van der Waals surface area contributed by atoms with E-state index in [0.29, 0.717) is 12.5 Å². The van der Waals surface area contributed by atoms with E-state index in [9.17, 15) is 0 Å². The topological polar surface area (TPSA) is 63.8 Å². The summed E-state index contributed by atoms with van der Waals surface area (Å²) in [6, 6.07) is 0. The molecule has 3 N–H and O–H groups in total.